The van der Waals surface area contributed by atoms with E-state index < -0.39 is 0 Å². The number of nitrogens with zero attached hydrogens (tertiary/aromatic N) is 3. The second kappa shape index (κ2) is 7.71. The van der Waals surface area contributed by atoms with Gasteiger partial charge in [0.1, 0.15) is 11.5 Å². The van der Waals surface area contributed by atoms with Crippen molar-refractivity contribution in [2.24, 2.45) is 5.10 Å². The largest absolute Gasteiger partial charge is 0.394 e. The van der Waals surface area contributed by atoms with E-state index in [0.717, 1.165) is 10.6 Å². The highest BCUT2D eigenvalue weighted by Gasteiger charge is 2.30. The summed E-state index contributed by atoms with van der Waals surface area (Å²) in [5, 5.41) is 17.5. The Hall–Kier alpha value is -2.32. The molecule has 0 aromatic heterocycles. The van der Waals surface area contributed by atoms with Crippen molar-refractivity contribution in [3.63, 3.8) is 0 Å². The minimum Gasteiger partial charge on any atom is -0.394 e. The Morgan fingerprint density at radius 3 is 3.00 bits per heavy atom. The summed E-state index contributed by atoms with van der Waals surface area (Å²) in [4.78, 5) is 26.2. The number of aliphatic hydroxyl groups is 1. The van der Waals surface area contributed by atoms with Gasteiger partial charge in [-0.1, -0.05) is 12.1 Å². The molecular weight excluding hydrogens is 327 g/mol. The molecule has 25 heavy (non-hydrogen) atoms. The molecule has 0 radical (unpaired) electrons. The topological polar surface area (TPSA) is 85.2 Å². The van der Waals surface area contributed by atoms with Crippen LogP contribution in [0, 0.1) is 5.82 Å². The molecule has 1 fully saturated rings. The number of hydrazone groups is 1. The van der Waals surface area contributed by atoms with Crippen molar-refractivity contribution >= 4 is 17.5 Å². The van der Waals surface area contributed by atoms with Gasteiger partial charge in [0.2, 0.25) is 5.91 Å². The van der Waals surface area contributed by atoms with Crippen LogP contribution >= 0.6 is 0 Å². The minimum absolute atomic E-state index is 0.0864. The Labute approximate surface area is 145 Å². The van der Waals surface area contributed by atoms with E-state index in [1.54, 1.807) is 11.0 Å². The molecule has 0 aliphatic carbocycles. The van der Waals surface area contributed by atoms with Crippen LogP contribution in [0.2, 0.25) is 0 Å². The van der Waals surface area contributed by atoms with Crippen LogP contribution < -0.4 is 5.32 Å². The molecule has 2 N–H and O–H groups in total. The first-order chi connectivity index (χ1) is 12.1. The van der Waals surface area contributed by atoms with Gasteiger partial charge in [-0.2, -0.15) is 5.10 Å². The van der Waals surface area contributed by atoms with Gasteiger partial charge in [0.25, 0.3) is 5.91 Å². The number of aliphatic hydroxyl groups excluding tert-OH is 1. The molecule has 134 valence electrons. The molecule has 2 amide bonds. The first-order valence-corrected chi connectivity index (χ1v) is 8.35. The van der Waals surface area contributed by atoms with Crippen molar-refractivity contribution in [2.45, 2.75) is 18.9 Å². The predicted octanol–water partition coefficient (Wildman–Crippen LogP) is 0.269. The average Bonchev–Trinajstić information content (AvgIpc) is 2.63. The van der Waals surface area contributed by atoms with Gasteiger partial charge in [-0.15, -0.1) is 0 Å². The third kappa shape index (κ3) is 4.02. The summed E-state index contributed by atoms with van der Waals surface area (Å²) in [5.41, 5.74) is 1.12. The number of carbonyl (C=O) groups excluding carboxylic acids is 2. The van der Waals surface area contributed by atoms with Gasteiger partial charge < -0.3 is 15.3 Å². The lowest BCUT2D eigenvalue weighted by Crippen LogP contribution is -2.51. The predicted molar refractivity (Wildman–Crippen MR) is 89.2 cm³/mol. The Kier molecular flexibility index (Phi) is 5.40. The van der Waals surface area contributed by atoms with Crippen LogP contribution in [0.4, 0.5) is 4.39 Å². The van der Waals surface area contributed by atoms with Crippen LogP contribution in [-0.2, 0) is 9.59 Å². The molecule has 1 unspecified atom stereocenters. The summed E-state index contributed by atoms with van der Waals surface area (Å²) in [6.07, 6.45) is 0.512. The summed E-state index contributed by atoms with van der Waals surface area (Å²) < 4.78 is 13.4. The number of β-amino-alcohol motifs (C(OH)–C–C–N with tert-alkyl or cyclic N) is 1. The minimum atomic E-state index is -0.308. The lowest BCUT2D eigenvalue weighted by Gasteiger charge is -2.35. The van der Waals surface area contributed by atoms with Crippen LogP contribution in [0.3, 0.4) is 0 Å². The third-order valence-electron chi connectivity index (χ3n) is 4.38. The monoisotopic (exact) mass is 348 g/mol. The van der Waals surface area contributed by atoms with Crippen molar-refractivity contribution in [3.8, 4) is 0 Å². The summed E-state index contributed by atoms with van der Waals surface area (Å²) in [7, 11) is 0. The standard InChI is InChI=1S/C17H21FN4O3/c18-13-3-1-2-12(10-13)15-11-21(7-6-19-15)17(25)14-4-5-16(24)22(20-14)8-9-23/h1-3,10,15,19,23H,4-9,11H2. The SMILES string of the molecule is O=C(C1=NN(CCO)C(=O)CC1)N1CCNC(c2cccc(F)c2)C1. The number of benzene rings is 1. The van der Waals surface area contributed by atoms with Crippen molar-refractivity contribution in [3.05, 3.63) is 35.6 Å². The molecule has 2 heterocycles. The van der Waals surface area contributed by atoms with E-state index in [9.17, 15) is 14.0 Å². The molecule has 2 aliphatic rings. The van der Waals surface area contributed by atoms with Crippen molar-refractivity contribution < 1.29 is 19.1 Å². The highest BCUT2D eigenvalue weighted by molar-refractivity contribution is 6.39. The van der Waals surface area contributed by atoms with E-state index in [4.69, 9.17) is 5.11 Å². The Bertz CT molecular complexity index is 694. The lowest BCUT2D eigenvalue weighted by atomic mass is 10.0. The number of carbonyl (C=O) groups is 2. The van der Waals surface area contributed by atoms with Gasteiger partial charge in [-0.05, 0) is 17.7 Å². The number of hydrogen-bond donors (Lipinski definition) is 2. The van der Waals surface area contributed by atoms with Crippen LogP contribution in [0.25, 0.3) is 0 Å². The van der Waals surface area contributed by atoms with Gasteiger partial charge in [0, 0.05) is 32.5 Å². The molecule has 1 atom stereocenters. The summed E-state index contributed by atoms with van der Waals surface area (Å²) >= 11 is 0. The highest BCUT2D eigenvalue weighted by atomic mass is 19.1. The maximum Gasteiger partial charge on any atom is 0.270 e. The lowest BCUT2D eigenvalue weighted by molar-refractivity contribution is -0.132. The van der Waals surface area contributed by atoms with Gasteiger partial charge in [0.05, 0.1) is 19.2 Å². The van der Waals surface area contributed by atoms with E-state index in [2.05, 4.69) is 10.4 Å². The molecule has 1 aromatic rings. The van der Waals surface area contributed by atoms with E-state index in [0.29, 0.717) is 31.8 Å². The number of rotatable bonds is 4. The Morgan fingerprint density at radius 1 is 1.40 bits per heavy atom. The third-order valence-corrected chi connectivity index (χ3v) is 4.38. The normalized spacial score (nSPS) is 21.3. The Morgan fingerprint density at radius 2 is 2.24 bits per heavy atom. The number of piperazine rings is 1. The molecule has 0 saturated carbocycles. The molecule has 2 aliphatic heterocycles. The number of halogens is 1. The second-order valence-corrected chi connectivity index (χ2v) is 6.10. The first-order valence-electron chi connectivity index (χ1n) is 8.35. The van der Waals surface area contributed by atoms with E-state index in [1.165, 1.54) is 12.1 Å². The number of nitrogens with one attached hydrogen (secondary N) is 1. The van der Waals surface area contributed by atoms with Crippen LogP contribution in [0.15, 0.2) is 29.4 Å². The molecule has 8 heteroatoms. The zero-order valence-electron chi connectivity index (χ0n) is 13.8. The molecule has 7 nitrogen and oxygen atoms in total. The Balaban J connectivity index is 1.71. The fourth-order valence-corrected chi connectivity index (χ4v) is 3.09. The van der Waals surface area contributed by atoms with E-state index in [-0.39, 0.29) is 43.2 Å². The quantitative estimate of drug-likeness (QED) is 0.818. The molecular formula is C17H21FN4O3. The molecule has 1 saturated heterocycles. The molecule has 0 bridgehead atoms. The smallest absolute Gasteiger partial charge is 0.270 e. The van der Waals surface area contributed by atoms with E-state index in [1.807, 2.05) is 6.07 Å². The fourth-order valence-electron chi connectivity index (χ4n) is 3.09. The maximum absolute atomic E-state index is 13.4. The zero-order chi connectivity index (χ0) is 17.8. The van der Waals surface area contributed by atoms with Crippen molar-refractivity contribution in [1.29, 1.82) is 0 Å². The summed E-state index contributed by atoms with van der Waals surface area (Å²) in [6, 6.07) is 6.18. The average molecular weight is 348 g/mol. The first kappa shape index (κ1) is 17.5. The molecule has 3 rings (SSSR count). The maximum atomic E-state index is 13.4. The highest BCUT2D eigenvalue weighted by Crippen LogP contribution is 2.19. The van der Waals surface area contributed by atoms with Gasteiger partial charge in [-0.3, -0.25) is 9.59 Å². The van der Waals surface area contributed by atoms with Gasteiger partial charge in [-0.25, -0.2) is 9.40 Å². The van der Waals surface area contributed by atoms with Gasteiger partial charge in [0.15, 0.2) is 0 Å². The number of hydrogen-bond acceptors (Lipinski definition) is 5. The van der Waals surface area contributed by atoms with Crippen molar-refractivity contribution in [2.75, 3.05) is 32.8 Å². The van der Waals surface area contributed by atoms with Gasteiger partial charge >= 0.3 is 0 Å². The second-order valence-electron chi connectivity index (χ2n) is 6.10. The summed E-state index contributed by atoms with van der Waals surface area (Å²) in [6.45, 7) is 1.42. The summed E-state index contributed by atoms with van der Waals surface area (Å²) in [5.74, 6) is -0.709. The molecule has 0 spiro atoms. The van der Waals surface area contributed by atoms with Crippen LogP contribution in [-0.4, -0.2) is 65.3 Å². The van der Waals surface area contributed by atoms with Crippen molar-refractivity contribution in [1.82, 2.24) is 15.2 Å². The zero-order valence-corrected chi connectivity index (χ0v) is 13.8. The van der Waals surface area contributed by atoms with Crippen LogP contribution in [0.1, 0.15) is 24.4 Å². The van der Waals surface area contributed by atoms with E-state index >= 15 is 0 Å². The molecule has 1 aromatic carbocycles. The van der Waals surface area contributed by atoms with Crippen LogP contribution in [0.5, 0.6) is 0 Å². The number of amides is 2. The fraction of sp³-hybridized carbons (Fsp3) is 0.471.